The summed E-state index contributed by atoms with van der Waals surface area (Å²) in [5.74, 6) is 1.68. The van der Waals surface area contributed by atoms with E-state index in [2.05, 4.69) is 19.2 Å². The fourth-order valence-electron chi connectivity index (χ4n) is 2.10. The van der Waals surface area contributed by atoms with Gasteiger partial charge in [-0.1, -0.05) is 13.8 Å². The zero-order valence-electron chi connectivity index (χ0n) is 9.88. The Kier molecular flexibility index (Phi) is 5.49. The summed E-state index contributed by atoms with van der Waals surface area (Å²) in [6.07, 6.45) is 5.50. The molecule has 0 spiro atoms. The normalized spacial score (nSPS) is 20.8. The SMILES string of the molecule is CCNC(CCC(C)COC)C1CC1. The van der Waals surface area contributed by atoms with Gasteiger partial charge < -0.3 is 10.1 Å². The predicted octanol–water partition coefficient (Wildman–Crippen LogP) is 2.44. The molecule has 2 atom stereocenters. The molecule has 1 N–H and O–H groups in total. The van der Waals surface area contributed by atoms with Gasteiger partial charge in [-0.3, -0.25) is 0 Å². The van der Waals surface area contributed by atoms with Gasteiger partial charge in [0.05, 0.1) is 0 Å². The van der Waals surface area contributed by atoms with E-state index in [1.807, 2.05) is 0 Å². The topological polar surface area (TPSA) is 21.3 Å². The largest absolute Gasteiger partial charge is 0.384 e. The maximum Gasteiger partial charge on any atom is 0.0487 e. The predicted molar refractivity (Wildman–Crippen MR) is 60.5 cm³/mol. The van der Waals surface area contributed by atoms with Crippen molar-refractivity contribution in [3.63, 3.8) is 0 Å². The highest BCUT2D eigenvalue weighted by molar-refractivity contribution is 4.86. The quantitative estimate of drug-likeness (QED) is 0.648. The minimum absolute atomic E-state index is 0.708. The van der Waals surface area contributed by atoms with Crippen LogP contribution in [0.2, 0.25) is 0 Å². The van der Waals surface area contributed by atoms with E-state index >= 15 is 0 Å². The lowest BCUT2D eigenvalue weighted by Crippen LogP contribution is -2.31. The van der Waals surface area contributed by atoms with E-state index in [1.165, 1.54) is 25.7 Å². The van der Waals surface area contributed by atoms with Gasteiger partial charge in [-0.2, -0.15) is 0 Å². The summed E-state index contributed by atoms with van der Waals surface area (Å²) in [5, 5.41) is 3.60. The maximum atomic E-state index is 5.15. The molecule has 1 rings (SSSR count). The molecule has 0 aromatic heterocycles. The van der Waals surface area contributed by atoms with Gasteiger partial charge in [0, 0.05) is 19.8 Å². The van der Waals surface area contributed by atoms with Gasteiger partial charge in [-0.15, -0.1) is 0 Å². The third-order valence-electron chi connectivity index (χ3n) is 3.08. The fraction of sp³-hybridized carbons (Fsp3) is 1.00. The molecule has 1 aliphatic rings. The number of rotatable bonds is 8. The molecule has 0 amide bonds. The molecular weight excluding hydrogens is 174 g/mol. The molecule has 0 bridgehead atoms. The van der Waals surface area contributed by atoms with Crippen molar-refractivity contribution in [1.82, 2.24) is 5.32 Å². The fourth-order valence-corrected chi connectivity index (χ4v) is 2.10. The van der Waals surface area contributed by atoms with Crippen molar-refractivity contribution in [2.24, 2.45) is 11.8 Å². The van der Waals surface area contributed by atoms with Crippen molar-refractivity contribution in [3.05, 3.63) is 0 Å². The van der Waals surface area contributed by atoms with E-state index in [4.69, 9.17) is 4.74 Å². The summed E-state index contributed by atoms with van der Waals surface area (Å²) in [5.41, 5.74) is 0. The molecule has 0 aromatic rings. The van der Waals surface area contributed by atoms with E-state index in [9.17, 15) is 0 Å². The van der Waals surface area contributed by atoms with Gasteiger partial charge in [0.1, 0.15) is 0 Å². The van der Waals surface area contributed by atoms with Gasteiger partial charge in [-0.25, -0.2) is 0 Å². The number of hydrogen-bond acceptors (Lipinski definition) is 2. The van der Waals surface area contributed by atoms with Crippen LogP contribution < -0.4 is 5.32 Å². The molecule has 0 heterocycles. The van der Waals surface area contributed by atoms with Gasteiger partial charge in [0.15, 0.2) is 0 Å². The smallest absolute Gasteiger partial charge is 0.0487 e. The molecule has 0 aromatic carbocycles. The first-order chi connectivity index (χ1) is 6.77. The van der Waals surface area contributed by atoms with Gasteiger partial charge in [-0.05, 0) is 44.1 Å². The first-order valence-corrected chi connectivity index (χ1v) is 6.00. The van der Waals surface area contributed by atoms with Crippen LogP contribution in [0.4, 0.5) is 0 Å². The molecule has 2 heteroatoms. The lowest BCUT2D eigenvalue weighted by Gasteiger charge is -2.19. The molecule has 14 heavy (non-hydrogen) atoms. The molecule has 2 nitrogen and oxygen atoms in total. The Balaban J connectivity index is 2.12. The monoisotopic (exact) mass is 199 g/mol. The summed E-state index contributed by atoms with van der Waals surface area (Å²) in [7, 11) is 1.79. The first-order valence-electron chi connectivity index (χ1n) is 6.00. The highest BCUT2D eigenvalue weighted by atomic mass is 16.5. The molecule has 1 fully saturated rings. The Hall–Kier alpha value is -0.0800. The van der Waals surface area contributed by atoms with Crippen LogP contribution in [0.25, 0.3) is 0 Å². The summed E-state index contributed by atoms with van der Waals surface area (Å²) in [6, 6.07) is 0.777. The molecule has 1 aliphatic carbocycles. The Morgan fingerprint density at radius 2 is 2.07 bits per heavy atom. The molecule has 84 valence electrons. The molecule has 0 saturated heterocycles. The Labute approximate surface area is 88.4 Å². The van der Waals surface area contributed by atoms with Crippen molar-refractivity contribution in [2.45, 2.75) is 45.6 Å². The van der Waals surface area contributed by atoms with E-state index in [1.54, 1.807) is 7.11 Å². The van der Waals surface area contributed by atoms with Crippen LogP contribution in [0.1, 0.15) is 39.5 Å². The lowest BCUT2D eigenvalue weighted by atomic mass is 9.99. The molecule has 0 radical (unpaired) electrons. The zero-order chi connectivity index (χ0) is 10.4. The van der Waals surface area contributed by atoms with Crippen molar-refractivity contribution < 1.29 is 4.74 Å². The second-order valence-corrected chi connectivity index (χ2v) is 4.64. The number of methoxy groups -OCH3 is 1. The Morgan fingerprint density at radius 3 is 2.57 bits per heavy atom. The van der Waals surface area contributed by atoms with Crippen LogP contribution in [0.15, 0.2) is 0 Å². The van der Waals surface area contributed by atoms with Crippen molar-refractivity contribution in [1.29, 1.82) is 0 Å². The van der Waals surface area contributed by atoms with Crippen LogP contribution >= 0.6 is 0 Å². The third-order valence-corrected chi connectivity index (χ3v) is 3.08. The maximum absolute atomic E-state index is 5.15. The second kappa shape index (κ2) is 6.41. The standard InChI is InChI=1S/C12H25NO/c1-4-13-12(11-6-7-11)8-5-10(2)9-14-3/h10-13H,4-9H2,1-3H3. The van der Waals surface area contributed by atoms with E-state index in [-0.39, 0.29) is 0 Å². The molecule has 1 saturated carbocycles. The van der Waals surface area contributed by atoms with Gasteiger partial charge in [0.2, 0.25) is 0 Å². The van der Waals surface area contributed by atoms with Crippen LogP contribution in [0.3, 0.4) is 0 Å². The molecular formula is C12H25NO. The van der Waals surface area contributed by atoms with Crippen LogP contribution in [-0.2, 0) is 4.74 Å². The second-order valence-electron chi connectivity index (χ2n) is 4.64. The molecule has 2 unspecified atom stereocenters. The van der Waals surface area contributed by atoms with Crippen LogP contribution in [0, 0.1) is 11.8 Å². The minimum Gasteiger partial charge on any atom is -0.384 e. The Bertz CT molecular complexity index is 145. The Morgan fingerprint density at radius 1 is 1.36 bits per heavy atom. The third kappa shape index (κ3) is 4.43. The average molecular weight is 199 g/mol. The minimum atomic E-state index is 0.708. The van der Waals surface area contributed by atoms with Crippen LogP contribution in [0.5, 0.6) is 0 Å². The van der Waals surface area contributed by atoms with E-state index in [0.29, 0.717) is 5.92 Å². The number of ether oxygens (including phenoxy) is 1. The zero-order valence-corrected chi connectivity index (χ0v) is 9.88. The van der Waals surface area contributed by atoms with Crippen molar-refractivity contribution >= 4 is 0 Å². The van der Waals surface area contributed by atoms with Gasteiger partial charge in [0.25, 0.3) is 0 Å². The van der Waals surface area contributed by atoms with E-state index < -0.39 is 0 Å². The highest BCUT2D eigenvalue weighted by Crippen LogP contribution is 2.34. The molecule has 0 aliphatic heterocycles. The summed E-state index contributed by atoms with van der Waals surface area (Å²) in [6.45, 7) is 6.50. The van der Waals surface area contributed by atoms with Crippen molar-refractivity contribution in [3.8, 4) is 0 Å². The highest BCUT2D eigenvalue weighted by Gasteiger charge is 2.30. The first kappa shape index (κ1) is 12.0. The summed E-state index contributed by atoms with van der Waals surface area (Å²) in [4.78, 5) is 0. The number of hydrogen-bond donors (Lipinski definition) is 1. The number of nitrogens with one attached hydrogen (secondary N) is 1. The van der Waals surface area contributed by atoms with Gasteiger partial charge >= 0.3 is 0 Å². The van der Waals surface area contributed by atoms with Crippen molar-refractivity contribution in [2.75, 3.05) is 20.3 Å². The van der Waals surface area contributed by atoms with E-state index in [0.717, 1.165) is 25.1 Å². The lowest BCUT2D eigenvalue weighted by molar-refractivity contribution is 0.152. The summed E-state index contributed by atoms with van der Waals surface area (Å²) < 4.78 is 5.15. The van der Waals surface area contributed by atoms with Crippen LogP contribution in [-0.4, -0.2) is 26.3 Å². The average Bonchev–Trinajstić information content (AvgIpc) is 2.96. The summed E-state index contributed by atoms with van der Waals surface area (Å²) >= 11 is 0.